The number of nitrogens with zero attached hydrogens (tertiary/aromatic N) is 2. The van der Waals surface area contributed by atoms with Crippen molar-refractivity contribution in [2.24, 2.45) is 5.92 Å². The normalized spacial score (nSPS) is 17.2. The maximum Gasteiger partial charge on any atom is 0.416 e. The van der Waals surface area contributed by atoms with Crippen LogP contribution in [0.2, 0.25) is 0 Å². The molecule has 1 N–H and O–H groups in total. The van der Waals surface area contributed by atoms with Gasteiger partial charge in [-0.15, -0.1) is 11.3 Å². The molecular weight excluding hydrogens is 403 g/mol. The van der Waals surface area contributed by atoms with Crippen LogP contribution in [0.3, 0.4) is 0 Å². The molecule has 0 bridgehead atoms. The first-order valence-corrected chi connectivity index (χ1v) is 10.4. The number of amides is 2. The van der Waals surface area contributed by atoms with E-state index in [0.29, 0.717) is 30.2 Å². The van der Waals surface area contributed by atoms with E-state index in [9.17, 15) is 22.8 Å². The lowest BCUT2D eigenvalue weighted by molar-refractivity contribution is -0.137. The highest BCUT2D eigenvalue weighted by atomic mass is 32.1. The van der Waals surface area contributed by atoms with E-state index in [4.69, 9.17) is 0 Å². The van der Waals surface area contributed by atoms with E-state index in [0.717, 1.165) is 42.7 Å². The Labute approximate surface area is 170 Å². The van der Waals surface area contributed by atoms with Gasteiger partial charge in [0, 0.05) is 30.6 Å². The monoisotopic (exact) mass is 425 g/mol. The molecule has 1 unspecified atom stereocenters. The molecule has 1 aromatic carbocycles. The molecule has 0 radical (unpaired) electrons. The second-order valence-electron chi connectivity index (χ2n) is 7.00. The molecule has 1 aliphatic heterocycles. The molecule has 156 valence electrons. The Hall–Kier alpha value is -2.42. The van der Waals surface area contributed by atoms with Gasteiger partial charge in [0.1, 0.15) is 10.7 Å². The maximum absolute atomic E-state index is 12.9. The molecule has 0 spiro atoms. The van der Waals surface area contributed by atoms with Crippen LogP contribution in [-0.2, 0) is 11.0 Å². The molecule has 1 fully saturated rings. The minimum absolute atomic E-state index is 0.0488. The van der Waals surface area contributed by atoms with Crippen LogP contribution in [0, 0.1) is 5.92 Å². The number of likely N-dealkylation sites (tertiary alicyclic amines) is 1. The lowest BCUT2D eigenvalue weighted by atomic mass is 9.97. The van der Waals surface area contributed by atoms with Crippen LogP contribution in [-0.4, -0.2) is 41.3 Å². The van der Waals surface area contributed by atoms with E-state index in [-0.39, 0.29) is 23.4 Å². The molecule has 9 heteroatoms. The molecule has 3 rings (SSSR count). The summed E-state index contributed by atoms with van der Waals surface area (Å²) in [6, 6.07) is 4.89. The Morgan fingerprint density at radius 3 is 2.86 bits per heavy atom. The second kappa shape index (κ2) is 8.94. The van der Waals surface area contributed by atoms with Gasteiger partial charge in [0.15, 0.2) is 0 Å². The molecule has 2 amide bonds. The first kappa shape index (κ1) is 21.3. The van der Waals surface area contributed by atoms with Crippen molar-refractivity contribution in [1.29, 1.82) is 0 Å². The van der Waals surface area contributed by atoms with Crippen molar-refractivity contribution in [2.45, 2.75) is 32.4 Å². The quantitative estimate of drug-likeness (QED) is 0.781. The van der Waals surface area contributed by atoms with Crippen molar-refractivity contribution in [3.05, 3.63) is 40.9 Å². The summed E-state index contributed by atoms with van der Waals surface area (Å²) >= 11 is 1.13. The molecule has 1 saturated heterocycles. The Morgan fingerprint density at radius 1 is 1.34 bits per heavy atom. The molecular formula is C20H22F3N3O2S. The fourth-order valence-electron chi connectivity index (χ4n) is 3.26. The highest BCUT2D eigenvalue weighted by Crippen LogP contribution is 2.33. The number of hydrogen-bond acceptors (Lipinski definition) is 4. The third-order valence-electron chi connectivity index (χ3n) is 4.79. The van der Waals surface area contributed by atoms with Gasteiger partial charge in [0.05, 0.1) is 11.5 Å². The standard InChI is InChI=1S/C20H22F3N3O2S/c1-2-8-24-17(27)14-6-4-9-26(11-14)19(28)16-12-29-18(25-16)13-5-3-7-15(10-13)20(21,22)23/h3,5,7,10,12,14H,2,4,6,8-9,11H2,1H3,(H,24,27). The zero-order chi connectivity index (χ0) is 21.0. The van der Waals surface area contributed by atoms with Crippen LogP contribution in [0.4, 0.5) is 13.2 Å². The molecule has 0 saturated carbocycles. The lowest BCUT2D eigenvalue weighted by Crippen LogP contribution is -2.45. The lowest BCUT2D eigenvalue weighted by Gasteiger charge is -2.31. The summed E-state index contributed by atoms with van der Waals surface area (Å²) in [5.41, 5.74) is -0.244. The minimum atomic E-state index is -4.44. The molecule has 0 aliphatic carbocycles. The number of halogens is 3. The van der Waals surface area contributed by atoms with Gasteiger partial charge in [-0.3, -0.25) is 9.59 Å². The Kier molecular flexibility index (Phi) is 6.56. The van der Waals surface area contributed by atoms with E-state index < -0.39 is 11.7 Å². The molecule has 2 aromatic rings. The predicted molar refractivity (Wildman–Crippen MR) is 104 cm³/mol. The largest absolute Gasteiger partial charge is 0.416 e. The molecule has 1 atom stereocenters. The van der Waals surface area contributed by atoms with Crippen LogP contribution in [0.25, 0.3) is 10.6 Å². The van der Waals surface area contributed by atoms with Gasteiger partial charge in [-0.1, -0.05) is 19.1 Å². The zero-order valence-corrected chi connectivity index (χ0v) is 16.8. The van der Waals surface area contributed by atoms with Gasteiger partial charge in [-0.05, 0) is 31.4 Å². The molecule has 1 aromatic heterocycles. The van der Waals surface area contributed by atoms with Crippen LogP contribution < -0.4 is 5.32 Å². The van der Waals surface area contributed by atoms with Crippen LogP contribution in [0.15, 0.2) is 29.6 Å². The van der Waals surface area contributed by atoms with Gasteiger partial charge in [0.2, 0.25) is 5.91 Å². The topological polar surface area (TPSA) is 62.3 Å². The summed E-state index contributed by atoms with van der Waals surface area (Å²) in [5, 5.41) is 4.77. The first-order valence-electron chi connectivity index (χ1n) is 9.49. The van der Waals surface area contributed by atoms with Crippen LogP contribution in [0.5, 0.6) is 0 Å². The van der Waals surface area contributed by atoms with Gasteiger partial charge in [-0.2, -0.15) is 13.2 Å². The summed E-state index contributed by atoms with van der Waals surface area (Å²) in [7, 11) is 0. The van der Waals surface area contributed by atoms with Gasteiger partial charge in [-0.25, -0.2) is 4.98 Å². The number of carbonyl (C=O) groups is 2. The van der Waals surface area contributed by atoms with Crippen molar-refractivity contribution in [3.63, 3.8) is 0 Å². The Balaban J connectivity index is 1.72. The maximum atomic E-state index is 12.9. The summed E-state index contributed by atoms with van der Waals surface area (Å²) < 4.78 is 38.8. The van der Waals surface area contributed by atoms with Crippen molar-refractivity contribution >= 4 is 23.2 Å². The number of carbonyl (C=O) groups excluding carboxylic acids is 2. The van der Waals surface area contributed by atoms with Crippen molar-refractivity contribution in [2.75, 3.05) is 19.6 Å². The van der Waals surface area contributed by atoms with Gasteiger partial charge < -0.3 is 10.2 Å². The SMILES string of the molecule is CCCNC(=O)C1CCCN(C(=O)c2csc(-c3cccc(C(F)(F)F)c3)n2)C1. The number of thiazole rings is 1. The fraction of sp³-hybridized carbons (Fsp3) is 0.450. The third kappa shape index (κ3) is 5.14. The molecule has 5 nitrogen and oxygen atoms in total. The number of hydrogen-bond donors (Lipinski definition) is 1. The second-order valence-corrected chi connectivity index (χ2v) is 7.86. The van der Waals surface area contributed by atoms with Gasteiger partial charge in [0.25, 0.3) is 5.91 Å². The predicted octanol–water partition coefficient (Wildman–Crippen LogP) is 4.21. The van der Waals surface area contributed by atoms with Crippen molar-refractivity contribution < 1.29 is 22.8 Å². The van der Waals surface area contributed by atoms with Gasteiger partial charge >= 0.3 is 6.18 Å². The first-order chi connectivity index (χ1) is 13.8. The van der Waals surface area contributed by atoms with E-state index in [1.165, 1.54) is 12.1 Å². The molecule has 29 heavy (non-hydrogen) atoms. The summed E-state index contributed by atoms with van der Waals surface area (Å²) in [4.78, 5) is 30.9. The average Bonchev–Trinajstić information content (AvgIpc) is 3.21. The number of piperidine rings is 1. The van der Waals surface area contributed by atoms with Crippen molar-refractivity contribution in [3.8, 4) is 10.6 Å². The van der Waals surface area contributed by atoms with E-state index >= 15 is 0 Å². The summed E-state index contributed by atoms with van der Waals surface area (Å²) in [6.07, 6.45) is -2.14. The number of nitrogens with one attached hydrogen (secondary N) is 1. The van der Waals surface area contributed by atoms with Crippen LogP contribution >= 0.6 is 11.3 Å². The van der Waals surface area contributed by atoms with Crippen molar-refractivity contribution in [1.82, 2.24) is 15.2 Å². The Morgan fingerprint density at radius 2 is 2.14 bits per heavy atom. The number of rotatable bonds is 5. The highest BCUT2D eigenvalue weighted by molar-refractivity contribution is 7.13. The fourth-order valence-corrected chi connectivity index (χ4v) is 4.05. The van der Waals surface area contributed by atoms with Crippen LogP contribution in [0.1, 0.15) is 42.2 Å². The third-order valence-corrected chi connectivity index (χ3v) is 5.68. The highest BCUT2D eigenvalue weighted by Gasteiger charge is 2.31. The summed E-state index contributed by atoms with van der Waals surface area (Å²) in [6.45, 7) is 3.44. The number of aromatic nitrogens is 1. The number of alkyl halides is 3. The molecule has 2 heterocycles. The van der Waals surface area contributed by atoms with E-state index in [1.807, 2.05) is 6.92 Å². The molecule has 1 aliphatic rings. The minimum Gasteiger partial charge on any atom is -0.356 e. The van der Waals surface area contributed by atoms with E-state index in [1.54, 1.807) is 10.3 Å². The average molecular weight is 425 g/mol. The Bertz CT molecular complexity index is 882. The zero-order valence-electron chi connectivity index (χ0n) is 16.0. The van der Waals surface area contributed by atoms with E-state index in [2.05, 4.69) is 10.3 Å². The smallest absolute Gasteiger partial charge is 0.356 e. The summed E-state index contributed by atoms with van der Waals surface area (Å²) in [5.74, 6) is -0.597. The number of benzene rings is 1.